The molecule has 0 aliphatic heterocycles. The number of fused-ring (bicyclic) bond motifs is 2. The molecule has 0 spiro atoms. The van der Waals surface area contributed by atoms with Crippen molar-refractivity contribution in [2.75, 3.05) is 5.32 Å². The van der Waals surface area contributed by atoms with Crippen molar-refractivity contribution in [2.45, 2.75) is 0 Å². The standard InChI is InChI=1S/C18H11BrN4O/c19-12-6-8-17(20-10-12)23-18(24)11-5-7-15-16(9-11)22-14-4-2-1-3-13(14)21-15/h1-10H,(H,20,23,24). The smallest absolute Gasteiger partial charge is 0.256 e. The van der Waals surface area contributed by atoms with Gasteiger partial charge < -0.3 is 5.32 Å². The molecule has 2 aromatic heterocycles. The highest BCUT2D eigenvalue weighted by atomic mass is 79.9. The number of benzene rings is 2. The predicted octanol–water partition coefficient (Wildman–Crippen LogP) is 4.19. The summed E-state index contributed by atoms with van der Waals surface area (Å²) in [5.74, 6) is 0.259. The van der Waals surface area contributed by atoms with Gasteiger partial charge in [0.2, 0.25) is 0 Å². The Balaban J connectivity index is 1.69. The fourth-order valence-corrected chi connectivity index (χ4v) is 2.63. The molecule has 24 heavy (non-hydrogen) atoms. The Bertz CT molecular complexity index is 1060. The molecule has 0 saturated carbocycles. The molecule has 0 aliphatic carbocycles. The Hall–Kier alpha value is -2.86. The van der Waals surface area contributed by atoms with Crippen LogP contribution in [0, 0.1) is 0 Å². The van der Waals surface area contributed by atoms with Crippen LogP contribution in [0.2, 0.25) is 0 Å². The average molecular weight is 379 g/mol. The van der Waals surface area contributed by atoms with Gasteiger partial charge in [0.05, 0.1) is 22.1 Å². The van der Waals surface area contributed by atoms with Gasteiger partial charge in [0.15, 0.2) is 0 Å². The first-order valence-electron chi connectivity index (χ1n) is 7.28. The zero-order valence-corrected chi connectivity index (χ0v) is 14.0. The molecule has 4 aromatic rings. The summed E-state index contributed by atoms with van der Waals surface area (Å²) < 4.78 is 0.855. The number of halogens is 1. The SMILES string of the molecule is O=C(Nc1ccc(Br)cn1)c1ccc2nc3ccccc3nc2c1. The quantitative estimate of drug-likeness (QED) is 0.531. The molecule has 0 bridgehead atoms. The maximum Gasteiger partial charge on any atom is 0.256 e. The summed E-state index contributed by atoms with van der Waals surface area (Å²) in [5.41, 5.74) is 3.59. The van der Waals surface area contributed by atoms with Crippen LogP contribution in [-0.4, -0.2) is 20.9 Å². The second-order valence-corrected chi connectivity index (χ2v) is 6.15. The van der Waals surface area contributed by atoms with Crippen molar-refractivity contribution in [2.24, 2.45) is 0 Å². The van der Waals surface area contributed by atoms with Crippen molar-refractivity contribution >= 4 is 49.7 Å². The summed E-state index contributed by atoms with van der Waals surface area (Å²) in [6.45, 7) is 0. The number of rotatable bonds is 2. The number of amides is 1. The summed E-state index contributed by atoms with van der Waals surface area (Å²) in [5, 5.41) is 2.77. The summed E-state index contributed by atoms with van der Waals surface area (Å²) in [4.78, 5) is 25.7. The van der Waals surface area contributed by atoms with Crippen LogP contribution in [0.1, 0.15) is 10.4 Å². The van der Waals surface area contributed by atoms with E-state index in [9.17, 15) is 4.79 Å². The van der Waals surface area contributed by atoms with Gasteiger partial charge in [-0.3, -0.25) is 4.79 Å². The molecule has 0 fully saturated rings. The van der Waals surface area contributed by atoms with Crippen LogP contribution in [0.4, 0.5) is 5.82 Å². The van der Waals surface area contributed by atoms with Gasteiger partial charge >= 0.3 is 0 Å². The van der Waals surface area contributed by atoms with E-state index in [-0.39, 0.29) is 5.91 Å². The van der Waals surface area contributed by atoms with Crippen LogP contribution in [0.3, 0.4) is 0 Å². The number of hydrogen-bond acceptors (Lipinski definition) is 4. The molecule has 0 aliphatic rings. The molecule has 0 atom stereocenters. The lowest BCUT2D eigenvalue weighted by Gasteiger charge is -2.06. The summed E-state index contributed by atoms with van der Waals surface area (Å²) in [6.07, 6.45) is 1.63. The van der Waals surface area contributed by atoms with Gasteiger partial charge in [-0.05, 0) is 58.4 Å². The van der Waals surface area contributed by atoms with E-state index < -0.39 is 0 Å². The van der Waals surface area contributed by atoms with Crippen molar-refractivity contribution < 1.29 is 4.79 Å². The van der Waals surface area contributed by atoms with Crippen LogP contribution in [0.15, 0.2) is 65.3 Å². The van der Waals surface area contributed by atoms with Crippen molar-refractivity contribution in [3.8, 4) is 0 Å². The number of carbonyl (C=O) groups is 1. The molecule has 0 radical (unpaired) electrons. The Morgan fingerprint density at radius 1 is 0.875 bits per heavy atom. The van der Waals surface area contributed by atoms with Crippen molar-refractivity contribution in [1.29, 1.82) is 0 Å². The van der Waals surface area contributed by atoms with E-state index >= 15 is 0 Å². The van der Waals surface area contributed by atoms with E-state index in [0.29, 0.717) is 16.9 Å². The van der Waals surface area contributed by atoms with E-state index in [2.05, 4.69) is 36.2 Å². The highest BCUT2D eigenvalue weighted by Gasteiger charge is 2.09. The second kappa shape index (κ2) is 5.98. The number of anilines is 1. The van der Waals surface area contributed by atoms with Gasteiger partial charge in [0.1, 0.15) is 5.82 Å². The number of nitrogens with one attached hydrogen (secondary N) is 1. The number of hydrogen-bond donors (Lipinski definition) is 1. The molecule has 0 saturated heterocycles. The average Bonchev–Trinajstić information content (AvgIpc) is 2.61. The third kappa shape index (κ3) is 2.83. The minimum Gasteiger partial charge on any atom is -0.307 e. The second-order valence-electron chi connectivity index (χ2n) is 5.23. The summed E-state index contributed by atoms with van der Waals surface area (Å²) in [7, 11) is 0. The minimum absolute atomic E-state index is 0.235. The Kier molecular flexibility index (Phi) is 3.66. The first kappa shape index (κ1) is 14.7. The maximum absolute atomic E-state index is 12.4. The molecule has 5 nitrogen and oxygen atoms in total. The monoisotopic (exact) mass is 378 g/mol. The molecule has 0 unspecified atom stereocenters. The van der Waals surface area contributed by atoms with Gasteiger partial charge in [-0.15, -0.1) is 0 Å². The molecule has 1 amide bonds. The fourth-order valence-electron chi connectivity index (χ4n) is 2.40. The Morgan fingerprint density at radius 2 is 1.58 bits per heavy atom. The lowest BCUT2D eigenvalue weighted by atomic mass is 10.1. The third-order valence-electron chi connectivity index (χ3n) is 3.57. The van der Waals surface area contributed by atoms with Gasteiger partial charge in [-0.25, -0.2) is 15.0 Å². The Morgan fingerprint density at radius 3 is 2.29 bits per heavy atom. The van der Waals surface area contributed by atoms with Gasteiger partial charge in [0, 0.05) is 16.2 Å². The van der Waals surface area contributed by atoms with E-state index in [1.807, 2.05) is 30.3 Å². The molecule has 6 heteroatoms. The molecular formula is C18H11BrN4O. The van der Waals surface area contributed by atoms with E-state index in [1.54, 1.807) is 30.5 Å². The zero-order valence-electron chi connectivity index (χ0n) is 12.4. The third-order valence-corrected chi connectivity index (χ3v) is 4.04. The number of pyridine rings is 1. The largest absolute Gasteiger partial charge is 0.307 e. The van der Waals surface area contributed by atoms with E-state index in [4.69, 9.17) is 0 Å². The highest BCUT2D eigenvalue weighted by molar-refractivity contribution is 9.10. The lowest BCUT2D eigenvalue weighted by molar-refractivity contribution is 0.102. The summed E-state index contributed by atoms with van der Waals surface area (Å²) >= 11 is 3.31. The van der Waals surface area contributed by atoms with Crippen LogP contribution >= 0.6 is 15.9 Å². The molecule has 1 N–H and O–H groups in total. The zero-order chi connectivity index (χ0) is 16.5. The Labute approximate surface area is 145 Å². The normalized spacial score (nSPS) is 10.9. The predicted molar refractivity (Wildman–Crippen MR) is 96.9 cm³/mol. The maximum atomic E-state index is 12.4. The van der Waals surface area contributed by atoms with Crippen LogP contribution in [0.5, 0.6) is 0 Å². The van der Waals surface area contributed by atoms with Gasteiger partial charge in [-0.1, -0.05) is 12.1 Å². The first-order valence-corrected chi connectivity index (χ1v) is 8.08. The molecule has 2 aromatic carbocycles. The number of para-hydroxylation sites is 2. The minimum atomic E-state index is -0.235. The van der Waals surface area contributed by atoms with Crippen LogP contribution < -0.4 is 5.32 Å². The number of aromatic nitrogens is 3. The lowest BCUT2D eigenvalue weighted by Crippen LogP contribution is -2.12. The number of nitrogens with zero attached hydrogens (tertiary/aromatic N) is 3. The number of carbonyl (C=O) groups excluding carboxylic acids is 1. The topological polar surface area (TPSA) is 67.8 Å². The van der Waals surface area contributed by atoms with Crippen molar-refractivity contribution in [3.63, 3.8) is 0 Å². The first-order chi connectivity index (χ1) is 11.7. The van der Waals surface area contributed by atoms with E-state index in [0.717, 1.165) is 21.0 Å². The highest BCUT2D eigenvalue weighted by Crippen LogP contribution is 2.18. The molecule has 2 heterocycles. The van der Waals surface area contributed by atoms with Crippen molar-refractivity contribution in [1.82, 2.24) is 15.0 Å². The van der Waals surface area contributed by atoms with E-state index in [1.165, 1.54) is 0 Å². The van der Waals surface area contributed by atoms with Crippen LogP contribution in [0.25, 0.3) is 22.1 Å². The van der Waals surface area contributed by atoms with Crippen LogP contribution in [-0.2, 0) is 0 Å². The van der Waals surface area contributed by atoms with Gasteiger partial charge in [-0.2, -0.15) is 0 Å². The summed E-state index contributed by atoms with van der Waals surface area (Å²) in [6, 6.07) is 16.5. The fraction of sp³-hybridized carbons (Fsp3) is 0. The molecular weight excluding hydrogens is 368 g/mol. The molecule has 4 rings (SSSR count). The van der Waals surface area contributed by atoms with Crippen molar-refractivity contribution in [3.05, 3.63) is 70.8 Å². The van der Waals surface area contributed by atoms with Gasteiger partial charge in [0.25, 0.3) is 5.91 Å². The molecule has 116 valence electrons.